The van der Waals surface area contributed by atoms with Gasteiger partial charge in [-0.1, -0.05) is 12.1 Å². The second-order valence-electron chi connectivity index (χ2n) is 6.47. The third-order valence-corrected chi connectivity index (χ3v) is 5.84. The molecule has 1 aliphatic heterocycles. The second kappa shape index (κ2) is 8.10. The van der Waals surface area contributed by atoms with Crippen molar-refractivity contribution in [2.75, 3.05) is 27.3 Å². The molecule has 1 fully saturated rings. The molecule has 0 saturated carbocycles. The number of hydrogen-bond acceptors (Lipinski definition) is 5. The van der Waals surface area contributed by atoms with E-state index in [0.29, 0.717) is 12.0 Å². The molecule has 0 aliphatic carbocycles. The molecule has 0 bridgehead atoms. The first kappa shape index (κ1) is 17.4. The quantitative estimate of drug-likeness (QED) is 0.801. The van der Waals surface area contributed by atoms with E-state index in [0.717, 1.165) is 38.2 Å². The van der Waals surface area contributed by atoms with Crippen LogP contribution in [-0.2, 0) is 17.7 Å². The fraction of sp³-hybridized carbons (Fsp3) is 0.526. The van der Waals surface area contributed by atoms with Crippen molar-refractivity contribution in [3.05, 3.63) is 45.9 Å². The minimum absolute atomic E-state index is 0.339. The number of piperidine rings is 1. The van der Waals surface area contributed by atoms with Gasteiger partial charge in [-0.3, -0.25) is 4.90 Å². The summed E-state index contributed by atoms with van der Waals surface area (Å²) in [6.07, 6.45) is 2.47. The summed E-state index contributed by atoms with van der Waals surface area (Å²) in [5, 5.41) is 0. The highest BCUT2D eigenvalue weighted by Gasteiger charge is 2.29. The van der Waals surface area contributed by atoms with Crippen molar-refractivity contribution in [3.63, 3.8) is 0 Å². The molecule has 130 valence electrons. The van der Waals surface area contributed by atoms with Crippen LogP contribution in [0.2, 0.25) is 0 Å². The molecule has 1 aliphatic rings. The van der Waals surface area contributed by atoms with Gasteiger partial charge in [0.1, 0.15) is 5.75 Å². The van der Waals surface area contributed by atoms with Crippen molar-refractivity contribution in [2.24, 2.45) is 5.92 Å². The normalized spacial score (nSPS) is 21.8. The average Bonchev–Trinajstić information content (AvgIpc) is 3.01. The van der Waals surface area contributed by atoms with E-state index >= 15 is 0 Å². The smallest absolute Gasteiger partial charge is 0.118 e. The highest BCUT2D eigenvalue weighted by atomic mass is 32.1. The molecule has 5 heteroatoms. The minimum atomic E-state index is 0.339. The maximum absolute atomic E-state index is 5.77. The van der Waals surface area contributed by atoms with E-state index in [1.165, 1.54) is 16.1 Å². The Labute approximate surface area is 148 Å². The van der Waals surface area contributed by atoms with Crippen LogP contribution in [0.5, 0.6) is 5.75 Å². The molecule has 24 heavy (non-hydrogen) atoms. The van der Waals surface area contributed by atoms with Crippen molar-refractivity contribution in [1.82, 2.24) is 9.88 Å². The molecule has 0 unspecified atom stereocenters. The topological polar surface area (TPSA) is 34.6 Å². The summed E-state index contributed by atoms with van der Waals surface area (Å²) in [6, 6.07) is 8.41. The lowest BCUT2D eigenvalue weighted by atomic mass is 9.88. The Morgan fingerprint density at radius 3 is 2.67 bits per heavy atom. The number of thiazole rings is 1. The molecule has 2 atom stereocenters. The monoisotopic (exact) mass is 346 g/mol. The molecule has 0 N–H and O–H groups in total. The molecule has 1 aromatic carbocycles. The zero-order valence-electron chi connectivity index (χ0n) is 14.7. The van der Waals surface area contributed by atoms with Crippen LogP contribution in [0.4, 0.5) is 0 Å². The first-order valence-electron chi connectivity index (χ1n) is 8.46. The van der Waals surface area contributed by atoms with Gasteiger partial charge in [0.15, 0.2) is 0 Å². The Morgan fingerprint density at radius 2 is 2.04 bits per heavy atom. The lowest BCUT2D eigenvalue weighted by molar-refractivity contribution is -0.00828. The van der Waals surface area contributed by atoms with Crippen LogP contribution in [0.1, 0.15) is 22.6 Å². The SMILES string of the molecule is COc1ccc(C[C@@H]2CN(Cc3scnc3C)CC[C@H]2OC)cc1. The maximum atomic E-state index is 5.77. The van der Waals surface area contributed by atoms with Crippen molar-refractivity contribution in [2.45, 2.75) is 32.4 Å². The van der Waals surface area contributed by atoms with Crippen LogP contribution in [0.15, 0.2) is 29.8 Å². The minimum Gasteiger partial charge on any atom is -0.497 e. The first-order chi connectivity index (χ1) is 11.7. The summed E-state index contributed by atoms with van der Waals surface area (Å²) in [5.41, 5.74) is 4.46. The van der Waals surface area contributed by atoms with Crippen molar-refractivity contribution >= 4 is 11.3 Å². The number of hydrogen-bond donors (Lipinski definition) is 0. The van der Waals surface area contributed by atoms with Crippen LogP contribution in [0, 0.1) is 12.8 Å². The van der Waals surface area contributed by atoms with Crippen LogP contribution in [0.25, 0.3) is 0 Å². The van der Waals surface area contributed by atoms with E-state index in [4.69, 9.17) is 9.47 Å². The fourth-order valence-corrected chi connectivity index (χ4v) is 4.30. The summed E-state index contributed by atoms with van der Waals surface area (Å²) < 4.78 is 11.0. The lowest BCUT2D eigenvalue weighted by Gasteiger charge is -2.38. The third kappa shape index (κ3) is 4.15. The molecule has 1 saturated heterocycles. The first-order valence-corrected chi connectivity index (χ1v) is 9.34. The zero-order valence-corrected chi connectivity index (χ0v) is 15.5. The largest absolute Gasteiger partial charge is 0.497 e. The molecule has 0 radical (unpaired) electrons. The number of rotatable bonds is 6. The Bertz CT molecular complexity index is 641. The van der Waals surface area contributed by atoms with E-state index in [-0.39, 0.29) is 0 Å². The number of likely N-dealkylation sites (tertiary alicyclic amines) is 1. The summed E-state index contributed by atoms with van der Waals surface area (Å²) in [6.45, 7) is 5.27. The van der Waals surface area contributed by atoms with E-state index in [1.807, 2.05) is 24.8 Å². The highest BCUT2D eigenvalue weighted by Crippen LogP contribution is 2.26. The van der Waals surface area contributed by atoms with E-state index in [9.17, 15) is 0 Å². The fourth-order valence-electron chi connectivity index (χ4n) is 3.48. The van der Waals surface area contributed by atoms with Crippen LogP contribution in [-0.4, -0.2) is 43.3 Å². The van der Waals surface area contributed by atoms with Gasteiger partial charge in [-0.25, -0.2) is 4.98 Å². The third-order valence-electron chi connectivity index (χ3n) is 4.92. The van der Waals surface area contributed by atoms with Gasteiger partial charge >= 0.3 is 0 Å². The summed E-state index contributed by atoms with van der Waals surface area (Å²) in [7, 11) is 3.55. The Morgan fingerprint density at radius 1 is 1.25 bits per heavy atom. The van der Waals surface area contributed by atoms with Crippen molar-refractivity contribution < 1.29 is 9.47 Å². The maximum Gasteiger partial charge on any atom is 0.118 e. The van der Waals surface area contributed by atoms with E-state index in [1.54, 1.807) is 18.4 Å². The second-order valence-corrected chi connectivity index (χ2v) is 7.41. The van der Waals surface area contributed by atoms with Gasteiger partial charge in [-0.15, -0.1) is 11.3 Å². The van der Waals surface area contributed by atoms with Gasteiger partial charge in [-0.05, 0) is 37.5 Å². The van der Waals surface area contributed by atoms with Gasteiger partial charge in [0.05, 0.1) is 24.4 Å². The zero-order chi connectivity index (χ0) is 16.9. The molecular weight excluding hydrogens is 320 g/mol. The van der Waals surface area contributed by atoms with Gasteiger partial charge in [0.25, 0.3) is 0 Å². The van der Waals surface area contributed by atoms with Crippen molar-refractivity contribution in [1.29, 1.82) is 0 Å². The summed E-state index contributed by atoms with van der Waals surface area (Å²) in [5.74, 6) is 1.43. The van der Waals surface area contributed by atoms with Gasteiger partial charge in [0, 0.05) is 37.5 Å². The van der Waals surface area contributed by atoms with E-state index in [2.05, 4.69) is 28.9 Å². The lowest BCUT2D eigenvalue weighted by Crippen LogP contribution is -2.44. The van der Waals surface area contributed by atoms with E-state index < -0.39 is 0 Å². The molecule has 4 nitrogen and oxygen atoms in total. The molecule has 0 amide bonds. The Hall–Kier alpha value is -1.43. The number of methoxy groups -OCH3 is 2. The van der Waals surface area contributed by atoms with Crippen LogP contribution in [0.3, 0.4) is 0 Å². The van der Waals surface area contributed by atoms with Gasteiger partial charge in [-0.2, -0.15) is 0 Å². The van der Waals surface area contributed by atoms with Crippen molar-refractivity contribution in [3.8, 4) is 5.75 Å². The Balaban J connectivity index is 1.65. The molecule has 0 spiro atoms. The Kier molecular flexibility index (Phi) is 5.87. The summed E-state index contributed by atoms with van der Waals surface area (Å²) in [4.78, 5) is 8.30. The number of aryl methyl sites for hydroxylation is 1. The highest BCUT2D eigenvalue weighted by molar-refractivity contribution is 7.09. The average molecular weight is 346 g/mol. The molecule has 2 aromatic rings. The number of aromatic nitrogens is 1. The molecular formula is C19H26N2O2S. The molecule has 1 aromatic heterocycles. The van der Waals surface area contributed by atoms with Crippen LogP contribution >= 0.6 is 11.3 Å². The molecule has 3 rings (SSSR count). The van der Waals surface area contributed by atoms with Gasteiger partial charge in [0.2, 0.25) is 0 Å². The number of benzene rings is 1. The van der Waals surface area contributed by atoms with Crippen LogP contribution < -0.4 is 4.74 Å². The predicted molar refractivity (Wildman–Crippen MR) is 97.7 cm³/mol. The predicted octanol–water partition coefficient (Wildman–Crippen LogP) is 3.54. The van der Waals surface area contributed by atoms with Gasteiger partial charge < -0.3 is 9.47 Å². The number of ether oxygens (including phenoxy) is 2. The standard InChI is InChI=1S/C19H26N2O2S/c1-14-19(24-13-20-14)12-21-9-8-18(23-3)16(11-21)10-15-4-6-17(22-2)7-5-15/h4-7,13,16,18H,8-12H2,1-3H3/t16-,18-/m1/s1. The number of nitrogens with zero attached hydrogens (tertiary/aromatic N) is 2. The molecule has 2 heterocycles. The summed E-state index contributed by atoms with van der Waals surface area (Å²) >= 11 is 1.76.